The SMILES string of the molecule is COc1ccccc1CCNC(=O)c1cc2sc(C)cc2n1Cc1ccccc1. The summed E-state index contributed by atoms with van der Waals surface area (Å²) in [5, 5.41) is 3.08. The van der Waals surface area contributed by atoms with Gasteiger partial charge in [-0.3, -0.25) is 4.79 Å². The van der Waals surface area contributed by atoms with E-state index in [1.807, 2.05) is 48.5 Å². The molecule has 0 aliphatic rings. The molecule has 0 aliphatic heterocycles. The van der Waals surface area contributed by atoms with Crippen LogP contribution in [0.25, 0.3) is 10.2 Å². The maximum atomic E-state index is 13.0. The quantitative estimate of drug-likeness (QED) is 0.469. The van der Waals surface area contributed by atoms with Crippen LogP contribution in [0.3, 0.4) is 0 Å². The van der Waals surface area contributed by atoms with Crippen LogP contribution in [0.5, 0.6) is 5.75 Å². The number of hydrogen-bond donors (Lipinski definition) is 1. The van der Waals surface area contributed by atoms with Gasteiger partial charge in [0.15, 0.2) is 0 Å². The summed E-state index contributed by atoms with van der Waals surface area (Å²) in [7, 11) is 1.67. The van der Waals surface area contributed by atoms with E-state index in [2.05, 4.69) is 35.0 Å². The number of hydrogen-bond acceptors (Lipinski definition) is 3. The number of aromatic nitrogens is 1. The number of nitrogens with zero attached hydrogens (tertiary/aromatic N) is 1. The average Bonchev–Trinajstić information content (AvgIpc) is 3.26. The van der Waals surface area contributed by atoms with Crippen LogP contribution < -0.4 is 10.1 Å². The van der Waals surface area contributed by atoms with Crippen molar-refractivity contribution in [3.8, 4) is 5.75 Å². The summed E-state index contributed by atoms with van der Waals surface area (Å²) in [4.78, 5) is 14.2. The minimum absolute atomic E-state index is 0.0446. The molecule has 0 saturated heterocycles. The van der Waals surface area contributed by atoms with Crippen LogP contribution in [-0.4, -0.2) is 24.1 Å². The second kappa shape index (κ2) is 8.53. The summed E-state index contributed by atoms with van der Waals surface area (Å²) in [6, 6.07) is 22.3. The lowest BCUT2D eigenvalue weighted by Gasteiger charge is -2.12. The largest absolute Gasteiger partial charge is 0.496 e. The molecule has 5 heteroatoms. The molecular weight excluding hydrogens is 380 g/mol. The highest BCUT2D eigenvalue weighted by molar-refractivity contribution is 7.19. The second-order valence-corrected chi connectivity index (χ2v) is 8.31. The molecule has 1 N–H and O–H groups in total. The third-order valence-electron chi connectivity index (χ3n) is 5.00. The first-order valence-electron chi connectivity index (χ1n) is 9.69. The van der Waals surface area contributed by atoms with Crippen LogP contribution in [0.1, 0.15) is 26.5 Å². The summed E-state index contributed by atoms with van der Waals surface area (Å²) >= 11 is 1.72. The van der Waals surface area contributed by atoms with Gasteiger partial charge in [-0.1, -0.05) is 48.5 Å². The molecule has 1 amide bonds. The van der Waals surface area contributed by atoms with E-state index in [4.69, 9.17) is 4.74 Å². The van der Waals surface area contributed by atoms with Gasteiger partial charge in [-0.2, -0.15) is 0 Å². The molecule has 2 heterocycles. The Hall–Kier alpha value is -3.05. The van der Waals surface area contributed by atoms with E-state index in [1.54, 1.807) is 18.4 Å². The maximum Gasteiger partial charge on any atom is 0.267 e. The Morgan fingerprint density at radius 3 is 2.62 bits per heavy atom. The number of rotatable bonds is 7. The lowest BCUT2D eigenvalue weighted by atomic mass is 10.1. The van der Waals surface area contributed by atoms with E-state index in [0.29, 0.717) is 18.8 Å². The fourth-order valence-electron chi connectivity index (χ4n) is 3.60. The number of carbonyl (C=O) groups excluding carboxylic acids is 1. The Bertz CT molecular complexity index is 1130. The molecule has 0 bridgehead atoms. The standard InChI is InChI=1S/C24H24N2O2S/c1-17-14-20-23(29-17)15-21(26(20)16-18-8-4-3-5-9-18)24(27)25-13-12-19-10-6-7-11-22(19)28-2/h3-11,14-15H,12-13,16H2,1-2H3,(H,25,27). The van der Waals surface area contributed by atoms with E-state index in [0.717, 1.165) is 28.0 Å². The molecule has 4 nitrogen and oxygen atoms in total. The Morgan fingerprint density at radius 1 is 1.07 bits per heavy atom. The first-order valence-corrected chi connectivity index (χ1v) is 10.5. The molecule has 4 rings (SSSR count). The summed E-state index contributed by atoms with van der Waals surface area (Å²) in [6.07, 6.45) is 0.725. The topological polar surface area (TPSA) is 43.3 Å². The molecule has 29 heavy (non-hydrogen) atoms. The molecular formula is C24H24N2O2S. The summed E-state index contributed by atoms with van der Waals surface area (Å²) in [5.74, 6) is 0.807. The van der Waals surface area contributed by atoms with Gasteiger partial charge >= 0.3 is 0 Å². The third kappa shape index (κ3) is 4.20. The predicted octanol–water partition coefficient (Wildman–Crippen LogP) is 5.04. The van der Waals surface area contributed by atoms with E-state index in [9.17, 15) is 4.79 Å². The molecule has 0 spiro atoms. The van der Waals surface area contributed by atoms with Gasteiger partial charge in [-0.05, 0) is 42.7 Å². The Morgan fingerprint density at radius 2 is 1.83 bits per heavy atom. The van der Waals surface area contributed by atoms with Gasteiger partial charge in [0.1, 0.15) is 11.4 Å². The number of benzene rings is 2. The third-order valence-corrected chi connectivity index (χ3v) is 5.99. The van der Waals surface area contributed by atoms with E-state index < -0.39 is 0 Å². The van der Waals surface area contributed by atoms with Crippen molar-refractivity contribution in [2.75, 3.05) is 13.7 Å². The molecule has 148 valence electrons. The number of para-hydroxylation sites is 1. The lowest BCUT2D eigenvalue weighted by Crippen LogP contribution is -2.28. The highest BCUT2D eigenvalue weighted by atomic mass is 32.1. The molecule has 0 atom stereocenters. The lowest BCUT2D eigenvalue weighted by molar-refractivity contribution is 0.0945. The summed E-state index contributed by atoms with van der Waals surface area (Å²) in [6.45, 7) is 3.34. The van der Waals surface area contributed by atoms with Crippen LogP contribution >= 0.6 is 11.3 Å². The molecule has 0 fully saturated rings. The van der Waals surface area contributed by atoms with Crippen molar-refractivity contribution in [3.63, 3.8) is 0 Å². The van der Waals surface area contributed by atoms with Gasteiger partial charge < -0.3 is 14.6 Å². The zero-order valence-electron chi connectivity index (χ0n) is 16.6. The first kappa shape index (κ1) is 19.3. The predicted molar refractivity (Wildman–Crippen MR) is 119 cm³/mol. The maximum absolute atomic E-state index is 13.0. The van der Waals surface area contributed by atoms with Crippen molar-refractivity contribution < 1.29 is 9.53 Å². The number of thiophene rings is 1. The fraction of sp³-hybridized carbons (Fsp3) is 0.208. The van der Waals surface area contributed by atoms with Gasteiger partial charge in [-0.25, -0.2) is 0 Å². The molecule has 2 aromatic carbocycles. The monoisotopic (exact) mass is 404 g/mol. The van der Waals surface area contributed by atoms with Crippen molar-refractivity contribution in [3.05, 3.63) is 88.4 Å². The summed E-state index contributed by atoms with van der Waals surface area (Å²) in [5.41, 5.74) is 4.09. The molecule has 0 aliphatic carbocycles. The second-order valence-electron chi connectivity index (χ2n) is 7.03. The number of methoxy groups -OCH3 is 1. The molecule has 0 unspecified atom stereocenters. The highest BCUT2D eigenvalue weighted by Gasteiger charge is 2.17. The number of carbonyl (C=O) groups is 1. The fourth-order valence-corrected chi connectivity index (χ4v) is 4.56. The van der Waals surface area contributed by atoms with Crippen LogP contribution in [0, 0.1) is 6.92 Å². The zero-order chi connectivity index (χ0) is 20.2. The minimum Gasteiger partial charge on any atom is -0.496 e. The molecule has 4 aromatic rings. The summed E-state index contributed by atoms with van der Waals surface area (Å²) < 4.78 is 8.66. The van der Waals surface area contributed by atoms with Crippen LogP contribution in [-0.2, 0) is 13.0 Å². The van der Waals surface area contributed by atoms with Gasteiger partial charge in [-0.15, -0.1) is 11.3 Å². The molecule has 0 radical (unpaired) electrons. The normalized spacial score (nSPS) is 11.0. The van der Waals surface area contributed by atoms with Crippen molar-refractivity contribution in [2.24, 2.45) is 0 Å². The van der Waals surface area contributed by atoms with Crippen molar-refractivity contribution in [1.29, 1.82) is 0 Å². The number of fused-ring (bicyclic) bond motifs is 1. The van der Waals surface area contributed by atoms with Crippen molar-refractivity contribution >= 4 is 27.5 Å². The van der Waals surface area contributed by atoms with E-state index in [1.165, 1.54) is 10.4 Å². The van der Waals surface area contributed by atoms with Gasteiger partial charge in [0.2, 0.25) is 0 Å². The van der Waals surface area contributed by atoms with E-state index >= 15 is 0 Å². The molecule has 2 aromatic heterocycles. The Balaban J connectivity index is 1.54. The van der Waals surface area contributed by atoms with E-state index in [-0.39, 0.29) is 5.91 Å². The number of nitrogens with one attached hydrogen (secondary N) is 1. The van der Waals surface area contributed by atoms with Crippen molar-refractivity contribution in [2.45, 2.75) is 19.9 Å². The Labute approximate surface area is 174 Å². The molecule has 0 saturated carbocycles. The van der Waals surface area contributed by atoms with Crippen LogP contribution in [0.15, 0.2) is 66.7 Å². The van der Waals surface area contributed by atoms with Crippen molar-refractivity contribution in [1.82, 2.24) is 9.88 Å². The minimum atomic E-state index is -0.0446. The Kier molecular flexibility index (Phi) is 5.67. The number of amides is 1. The first-order chi connectivity index (χ1) is 14.2. The van der Waals surface area contributed by atoms with Crippen LogP contribution in [0.2, 0.25) is 0 Å². The zero-order valence-corrected chi connectivity index (χ0v) is 17.5. The highest BCUT2D eigenvalue weighted by Crippen LogP contribution is 2.29. The van der Waals surface area contributed by atoms with Crippen LogP contribution in [0.4, 0.5) is 0 Å². The van der Waals surface area contributed by atoms with Gasteiger partial charge in [0.25, 0.3) is 5.91 Å². The number of aryl methyl sites for hydroxylation is 1. The van der Waals surface area contributed by atoms with Gasteiger partial charge in [0, 0.05) is 18.0 Å². The average molecular weight is 405 g/mol. The smallest absolute Gasteiger partial charge is 0.267 e. The number of ether oxygens (including phenoxy) is 1. The van der Waals surface area contributed by atoms with Gasteiger partial charge in [0.05, 0.1) is 17.3 Å².